The molecule has 42 heavy (non-hydrogen) atoms. The summed E-state index contributed by atoms with van der Waals surface area (Å²) >= 11 is 0. The number of hydrogen-bond acceptors (Lipinski definition) is 9. The second kappa shape index (κ2) is 11.2. The van der Waals surface area contributed by atoms with Gasteiger partial charge in [-0.05, 0) is 65.8 Å². The number of rotatable bonds is 7. The van der Waals surface area contributed by atoms with Gasteiger partial charge in [0.25, 0.3) is 5.91 Å². The van der Waals surface area contributed by atoms with Crippen molar-refractivity contribution < 1.29 is 26.4 Å². The first-order valence-corrected chi connectivity index (χ1v) is 15.5. The summed E-state index contributed by atoms with van der Waals surface area (Å²) in [5, 5.41) is 6.17. The quantitative estimate of drug-likeness (QED) is 0.429. The number of nitrogens with one attached hydrogen (secondary N) is 2. The summed E-state index contributed by atoms with van der Waals surface area (Å²) in [4.78, 5) is 24.6. The van der Waals surface area contributed by atoms with Gasteiger partial charge >= 0.3 is 6.18 Å². The van der Waals surface area contributed by atoms with Gasteiger partial charge in [-0.25, -0.2) is 13.4 Å². The Kier molecular flexibility index (Phi) is 8.43. The van der Waals surface area contributed by atoms with Gasteiger partial charge in [-0.1, -0.05) is 0 Å². The Morgan fingerprint density at radius 3 is 2.19 bits per heavy atom. The van der Waals surface area contributed by atoms with Crippen LogP contribution in [0.25, 0.3) is 0 Å². The second-order valence-electron chi connectivity index (χ2n) is 12.3. The number of alkyl halides is 3. The number of anilines is 4. The van der Waals surface area contributed by atoms with E-state index < -0.39 is 27.7 Å². The number of carbonyl (C=O) groups is 1. The molecular formula is C27H39F3N8O3S. The number of benzene rings is 1. The van der Waals surface area contributed by atoms with Crippen LogP contribution in [0.15, 0.2) is 24.4 Å². The Labute approximate surface area is 244 Å². The van der Waals surface area contributed by atoms with Gasteiger partial charge < -0.3 is 21.3 Å². The third-order valence-corrected chi connectivity index (χ3v) is 9.61. The molecule has 0 radical (unpaired) electrons. The Morgan fingerprint density at radius 1 is 1.07 bits per heavy atom. The first-order chi connectivity index (χ1) is 19.3. The van der Waals surface area contributed by atoms with Gasteiger partial charge in [-0.3, -0.25) is 9.69 Å². The third kappa shape index (κ3) is 6.89. The zero-order chi connectivity index (χ0) is 31.3. The lowest BCUT2D eigenvalue weighted by Crippen LogP contribution is -2.61. The monoisotopic (exact) mass is 612 g/mol. The molecule has 1 amide bonds. The van der Waals surface area contributed by atoms with Crippen molar-refractivity contribution in [2.45, 2.75) is 63.8 Å². The average Bonchev–Trinajstić information content (AvgIpc) is 2.86. The molecular weight excluding hydrogens is 573 g/mol. The van der Waals surface area contributed by atoms with Crippen LogP contribution in [0.2, 0.25) is 0 Å². The largest absolute Gasteiger partial charge is 0.418 e. The Morgan fingerprint density at radius 2 is 1.67 bits per heavy atom. The van der Waals surface area contributed by atoms with E-state index in [-0.39, 0.29) is 72.0 Å². The molecule has 1 aromatic carbocycles. The van der Waals surface area contributed by atoms with Crippen LogP contribution in [0.3, 0.4) is 0 Å². The molecule has 11 nitrogen and oxygen atoms in total. The molecule has 232 valence electrons. The maximum absolute atomic E-state index is 14.2. The first kappa shape index (κ1) is 31.8. The van der Waals surface area contributed by atoms with E-state index in [0.717, 1.165) is 25.2 Å². The zero-order valence-electron chi connectivity index (χ0n) is 24.7. The van der Waals surface area contributed by atoms with Crippen molar-refractivity contribution in [2.75, 3.05) is 55.0 Å². The number of amides is 1. The molecule has 2 aliphatic heterocycles. The van der Waals surface area contributed by atoms with Gasteiger partial charge in [0.2, 0.25) is 16.0 Å². The maximum atomic E-state index is 14.2. The highest BCUT2D eigenvalue weighted by Crippen LogP contribution is 2.40. The number of nitrogens with zero attached hydrogens (tertiary/aromatic N) is 5. The molecule has 0 bridgehead atoms. The molecule has 0 spiro atoms. The number of halogens is 3. The summed E-state index contributed by atoms with van der Waals surface area (Å²) in [6, 6.07) is 3.75. The molecule has 15 heteroatoms. The normalized spacial score (nSPS) is 20.4. The highest BCUT2D eigenvalue weighted by atomic mass is 32.2. The van der Waals surface area contributed by atoms with Gasteiger partial charge in [0.1, 0.15) is 5.82 Å². The van der Waals surface area contributed by atoms with Crippen LogP contribution in [-0.4, -0.2) is 90.1 Å². The molecule has 0 unspecified atom stereocenters. The lowest BCUT2D eigenvalue weighted by molar-refractivity contribution is -0.137. The maximum Gasteiger partial charge on any atom is 0.418 e. The van der Waals surface area contributed by atoms with Crippen LogP contribution in [-0.2, 0) is 16.2 Å². The van der Waals surface area contributed by atoms with Crippen molar-refractivity contribution in [1.82, 2.24) is 19.2 Å². The zero-order valence-corrected chi connectivity index (χ0v) is 25.5. The van der Waals surface area contributed by atoms with E-state index in [1.54, 1.807) is 0 Å². The molecule has 3 heterocycles. The fraction of sp³-hybridized carbons (Fsp3) is 0.593. The highest BCUT2D eigenvalue weighted by Gasteiger charge is 2.43. The van der Waals surface area contributed by atoms with Crippen molar-refractivity contribution in [3.8, 4) is 0 Å². The minimum atomic E-state index is -4.67. The predicted octanol–water partition coefficient (Wildman–Crippen LogP) is 3.48. The Bertz CT molecular complexity index is 1420. The minimum absolute atomic E-state index is 0.00316. The lowest BCUT2D eigenvalue weighted by atomic mass is 9.77. The summed E-state index contributed by atoms with van der Waals surface area (Å²) < 4.78 is 67.3. The van der Waals surface area contributed by atoms with Crippen LogP contribution in [0, 0.1) is 0 Å². The molecule has 0 atom stereocenters. The fourth-order valence-corrected chi connectivity index (χ4v) is 6.73. The van der Waals surface area contributed by atoms with Crippen LogP contribution in [0.4, 0.5) is 36.3 Å². The molecule has 4 N–H and O–H groups in total. The minimum Gasteiger partial charge on any atom is -0.368 e. The van der Waals surface area contributed by atoms with Gasteiger partial charge in [0.15, 0.2) is 0 Å². The number of aromatic nitrogens is 2. The average molecular weight is 613 g/mol. The van der Waals surface area contributed by atoms with Gasteiger partial charge in [0, 0.05) is 60.9 Å². The van der Waals surface area contributed by atoms with Crippen LogP contribution >= 0.6 is 0 Å². The van der Waals surface area contributed by atoms with Crippen LogP contribution < -0.4 is 21.3 Å². The number of piperidine rings is 1. The van der Waals surface area contributed by atoms with Crippen molar-refractivity contribution >= 4 is 39.1 Å². The first-order valence-electron chi connectivity index (χ1n) is 13.6. The van der Waals surface area contributed by atoms with Gasteiger partial charge in [0.05, 0.1) is 17.4 Å². The summed E-state index contributed by atoms with van der Waals surface area (Å²) in [7, 11) is -1.35. The van der Waals surface area contributed by atoms with Gasteiger partial charge in [-0.15, -0.1) is 0 Å². The van der Waals surface area contributed by atoms with Crippen molar-refractivity contribution in [2.24, 2.45) is 5.73 Å². The van der Waals surface area contributed by atoms with Crippen molar-refractivity contribution in [3.05, 3.63) is 35.5 Å². The second-order valence-corrected chi connectivity index (χ2v) is 14.2. The molecule has 2 aliphatic rings. The number of likely N-dealkylation sites (tertiary alicyclic amines) is 1. The number of hydrogen-bond donors (Lipinski definition) is 3. The highest BCUT2D eigenvalue weighted by molar-refractivity contribution is 7.88. The number of primary amides is 1. The number of carbonyl (C=O) groups excluding carboxylic acids is 1. The Hall–Kier alpha value is -3.17. The summed E-state index contributed by atoms with van der Waals surface area (Å²) in [6.07, 6.45) is -0.818. The van der Waals surface area contributed by atoms with E-state index in [1.807, 2.05) is 0 Å². The Balaban J connectivity index is 1.59. The van der Waals surface area contributed by atoms with Crippen LogP contribution in [0.1, 0.15) is 56.5 Å². The van der Waals surface area contributed by atoms with E-state index in [2.05, 4.69) is 60.2 Å². The van der Waals surface area contributed by atoms with E-state index in [0.29, 0.717) is 0 Å². The van der Waals surface area contributed by atoms with Gasteiger partial charge in [-0.2, -0.15) is 22.5 Å². The topological polar surface area (TPSA) is 137 Å². The molecule has 0 saturated carbocycles. The van der Waals surface area contributed by atoms with E-state index in [1.165, 1.54) is 27.5 Å². The molecule has 2 saturated heterocycles. The smallest absolute Gasteiger partial charge is 0.368 e. The SMILES string of the molecule is CN1C(C)(C)CC(Nc2nc(Nc3ccc(N4CCN(S(C)(=O)=O)CC4)c(C(F)(F)F)c3)ncc2C(N)=O)CC1(C)C. The standard InChI is InChI=1S/C27H39F3N8O3S/c1-25(2)14-18(15-26(3,4)36(25)5)33-23-19(22(31)39)16-32-24(35-23)34-17-7-8-21(20(13-17)27(28,29)30)37-9-11-38(12-10-37)42(6,40)41/h7-8,13,16,18H,9-12,14-15H2,1-6H3,(H2,31,39)(H2,32,33,34,35). The van der Waals surface area contributed by atoms with Crippen LogP contribution in [0.5, 0.6) is 0 Å². The molecule has 1 aromatic heterocycles. The van der Waals surface area contributed by atoms with Crippen molar-refractivity contribution in [1.29, 1.82) is 0 Å². The van der Waals surface area contributed by atoms with Crippen molar-refractivity contribution in [3.63, 3.8) is 0 Å². The molecule has 0 aliphatic carbocycles. The number of sulfonamides is 1. The fourth-order valence-electron chi connectivity index (χ4n) is 5.91. The molecule has 2 fully saturated rings. The predicted molar refractivity (Wildman–Crippen MR) is 156 cm³/mol. The number of piperazine rings is 1. The summed E-state index contributed by atoms with van der Waals surface area (Å²) in [5.74, 6) is -0.524. The van der Waals surface area contributed by atoms with E-state index in [4.69, 9.17) is 5.73 Å². The molecule has 4 rings (SSSR count). The summed E-state index contributed by atoms with van der Waals surface area (Å²) in [6.45, 7) is 8.99. The molecule has 2 aromatic rings. The number of nitrogens with two attached hydrogens (primary N) is 1. The summed E-state index contributed by atoms with van der Waals surface area (Å²) in [5.41, 5.74) is 4.56. The van der Waals surface area contributed by atoms with E-state index >= 15 is 0 Å². The third-order valence-electron chi connectivity index (χ3n) is 8.31. The lowest BCUT2D eigenvalue weighted by Gasteiger charge is -2.53. The van der Waals surface area contributed by atoms with E-state index in [9.17, 15) is 26.4 Å².